The Morgan fingerprint density at radius 1 is 1.10 bits per heavy atom. The molecule has 1 nitrogen and oxygen atoms in total. The van der Waals surface area contributed by atoms with Gasteiger partial charge in [0.1, 0.15) is 0 Å². The third kappa shape index (κ3) is 1.34. The molecule has 0 aromatic rings. The van der Waals surface area contributed by atoms with E-state index in [2.05, 4.69) is 5.32 Å². The van der Waals surface area contributed by atoms with Crippen molar-refractivity contribution in [3.63, 3.8) is 0 Å². The van der Waals surface area contributed by atoms with E-state index in [1.54, 1.807) is 0 Å². The summed E-state index contributed by atoms with van der Waals surface area (Å²) in [5.41, 5.74) is 0. The molecule has 2 rings (SSSR count). The lowest BCUT2D eigenvalue weighted by atomic mass is 9.93. The molecule has 1 atom stereocenters. The Morgan fingerprint density at radius 3 is 2.30 bits per heavy atom. The van der Waals surface area contributed by atoms with Crippen LogP contribution in [-0.2, 0) is 0 Å². The smallest absolute Gasteiger partial charge is 0.00817 e. The Hall–Kier alpha value is -0.0400. The molecule has 0 aromatic carbocycles. The second-order valence-corrected chi connectivity index (χ2v) is 3.83. The molecule has 1 heteroatoms. The first-order valence-corrected chi connectivity index (χ1v) is 4.68. The van der Waals surface area contributed by atoms with Gasteiger partial charge in [-0.25, -0.2) is 0 Å². The lowest BCUT2D eigenvalue weighted by Crippen LogP contribution is -2.43. The SMILES string of the molecule is C1CCC(CC2CCN2)C1. The van der Waals surface area contributed by atoms with Gasteiger partial charge < -0.3 is 5.32 Å². The van der Waals surface area contributed by atoms with Crippen LogP contribution in [0.15, 0.2) is 0 Å². The highest BCUT2D eigenvalue weighted by atomic mass is 15.0. The van der Waals surface area contributed by atoms with E-state index in [-0.39, 0.29) is 0 Å². The van der Waals surface area contributed by atoms with Gasteiger partial charge in [0.15, 0.2) is 0 Å². The summed E-state index contributed by atoms with van der Waals surface area (Å²) >= 11 is 0. The molecule has 1 saturated heterocycles. The van der Waals surface area contributed by atoms with Crippen molar-refractivity contribution >= 4 is 0 Å². The monoisotopic (exact) mass is 139 g/mol. The fourth-order valence-electron chi connectivity index (χ4n) is 2.20. The minimum atomic E-state index is 0.906. The van der Waals surface area contributed by atoms with E-state index in [1.165, 1.54) is 45.1 Å². The molecule has 1 N–H and O–H groups in total. The normalized spacial score (nSPS) is 34.2. The second-order valence-electron chi connectivity index (χ2n) is 3.83. The summed E-state index contributed by atoms with van der Waals surface area (Å²) < 4.78 is 0. The lowest BCUT2D eigenvalue weighted by molar-refractivity contribution is 0.299. The summed E-state index contributed by atoms with van der Waals surface area (Å²) in [6.07, 6.45) is 8.93. The van der Waals surface area contributed by atoms with Crippen molar-refractivity contribution in [1.82, 2.24) is 5.32 Å². The third-order valence-corrected chi connectivity index (χ3v) is 3.02. The number of rotatable bonds is 2. The van der Waals surface area contributed by atoms with Gasteiger partial charge in [0.05, 0.1) is 0 Å². The van der Waals surface area contributed by atoms with Gasteiger partial charge >= 0.3 is 0 Å². The van der Waals surface area contributed by atoms with Crippen LogP contribution in [0.4, 0.5) is 0 Å². The Bertz CT molecular complexity index is 101. The lowest BCUT2D eigenvalue weighted by Gasteiger charge is -2.29. The molecule has 58 valence electrons. The summed E-state index contributed by atoms with van der Waals surface area (Å²) in [5, 5.41) is 3.47. The Labute approximate surface area is 63.2 Å². The topological polar surface area (TPSA) is 12.0 Å². The van der Waals surface area contributed by atoms with Gasteiger partial charge in [-0.05, 0) is 25.3 Å². The van der Waals surface area contributed by atoms with E-state index in [0.717, 1.165) is 12.0 Å². The molecule has 10 heavy (non-hydrogen) atoms. The first kappa shape index (κ1) is 6.66. The zero-order chi connectivity index (χ0) is 6.81. The standard InChI is InChI=1S/C9H17N/c1-2-4-8(3-1)7-9-5-6-10-9/h8-10H,1-7H2. The first-order valence-electron chi connectivity index (χ1n) is 4.68. The molecule has 1 heterocycles. The maximum Gasteiger partial charge on any atom is 0.00817 e. The summed E-state index contributed by atoms with van der Waals surface area (Å²) in [7, 11) is 0. The highest BCUT2D eigenvalue weighted by Gasteiger charge is 2.23. The maximum atomic E-state index is 3.47. The Kier molecular flexibility index (Phi) is 1.94. The van der Waals surface area contributed by atoms with Crippen molar-refractivity contribution in [1.29, 1.82) is 0 Å². The zero-order valence-electron chi connectivity index (χ0n) is 6.60. The fraction of sp³-hybridized carbons (Fsp3) is 1.00. The van der Waals surface area contributed by atoms with Crippen LogP contribution in [-0.4, -0.2) is 12.6 Å². The highest BCUT2D eigenvalue weighted by Crippen LogP contribution is 2.30. The third-order valence-electron chi connectivity index (χ3n) is 3.02. The summed E-state index contributed by atoms with van der Waals surface area (Å²) in [6.45, 7) is 1.28. The largest absolute Gasteiger partial charge is 0.314 e. The second kappa shape index (κ2) is 2.91. The van der Waals surface area contributed by atoms with Crippen LogP contribution in [0.5, 0.6) is 0 Å². The minimum Gasteiger partial charge on any atom is -0.314 e. The van der Waals surface area contributed by atoms with Crippen LogP contribution in [0.2, 0.25) is 0 Å². The molecule has 1 unspecified atom stereocenters. The van der Waals surface area contributed by atoms with E-state index < -0.39 is 0 Å². The van der Waals surface area contributed by atoms with Crippen LogP contribution in [0.3, 0.4) is 0 Å². The fourth-order valence-corrected chi connectivity index (χ4v) is 2.20. The molecular weight excluding hydrogens is 122 g/mol. The quantitative estimate of drug-likeness (QED) is 0.616. The van der Waals surface area contributed by atoms with E-state index in [0.29, 0.717) is 0 Å². The average Bonchev–Trinajstić information content (AvgIpc) is 2.29. The summed E-state index contributed by atoms with van der Waals surface area (Å²) in [4.78, 5) is 0. The average molecular weight is 139 g/mol. The van der Waals surface area contributed by atoms with Gasteiger partial charge in [-0.2, -0.15) is 0 Å². The number of hydrogen-bond donors (Lipinski definition) is 1. The zero-order valence-corrected chi connectivity index (χ0v) is 6.60. The molecule has 2 aliphatic rings. The van der Waals surface area contributed by atoms with Crippen molar-refractivity contribution < 1.29 is 0 Å². The van der Waals surface area contributed by atoms with Crippen molar-refractivity contribution in [2.45, 2.75) is 44.6 Å². The molecule has 2 fully saturated rings. The molecule has 0 aromatic heterocycles. The minimum absolute atomic E-state index is 0.906. The van der Waals surface area contributed by atoms with Crippen LogP contribution in [0, 0.1) is 5.92 Å². The predicted octanol–water partition coefficient (Wildman–Crippen LogP) is 1.93. The molecule has 0 amide bonds. The van der Waals surface area contributed by atoms with Gasteiger partial charge in [0, 0.05) is 6.04 Å². The van der Waals surface area contributed by atoms with E-state index in [9.17, 15) is 0 Å². The Morgan fingerprint density at radius 2 is 1.80 bits per heavy atom. The first-order chi connectivity index (χ1) is 4.95. The summed E-state index contributed by atoms with van der Waals surface area (Å²) in [6, 6.07) is 0.906. The van der Waals surface area contributed by atoms with Crippen molar-refractivity contribution in [3.05, 3.63) is 0 Å². The molecule has 1 saturated carbocycles. The van der Waals surface area contributed by atoms with Crippen molar-refractivity contribution in [2.24, 2.45) is 5.92 Å². The van der Waals surface area contributed by atoms with Gasteiger partial charge in [0.25, 0.3) is 0 Å². The molecular formula is C9H17N. The van der Waals surface area contributed by atoms with Gasteiger partial charge in [-0.3, -0.25) is 0 Å². The Balaban J connectivity index is 1.68. The van der Waals surface area contributed by atoms with Gasteiger partial charge in [0.2, 0.25) is 0 Å². The van der Waals surface area contributed by atoms with E-state index >= 15 is 0 Å². The predicted molar refractivity (Wildman–Crippen MR) is 43.0 cm³/mol. The molecule has 1 aliphatic carbocycles. The van der Waals surface area contributed by atoms with Crippen LogP contribution in [0.25, 0.3) is 0 Å². The van der Waals surface area contributed by atoms with E-state index in [4.69, 9.17) is 0 Å². The van der Waals surface area contributed by atoms with Crippen LogP contribution in [0.1, 0.15) is 38.5 Å². The van der Waals surface area contributed by atoms with Crippen LogP contribution >= 0.6 is 0 Å². The molecule has 0 spiro atoms. The molecule has 1 aliphatic heterocycles. The number of nitrogens with one attached hydrogen (secondary N) is 1. The maximum absolute atomic E-state index is 3.47. The highest BCUT2D eigenvalue weighted by molar-refractivity contribution is 4.81. The van der Waals surface area contributed by atoms with Gasteiger partial charge in [-0.1, -0.05) is 25.7 Å². The molecule has 0 radical (unpaired) electrons. The summed E-state index contributed by atoms with van der Waals surface area (Å²) in [5.74, 6) is 1.08. The van der Waals surface area contributed by atoms with Crippen molar-refractivity contribution in [2.75, 3.05) is 6.54 Å². The van der Waals surface area contributed by atoms with Gasteiger partial charge in [-0.15, -0.1) is 0 Å². The van der Waals surface area contributed by atoms with E-state index in [1.807, 2.05) is 0 Å². The number of hydrogen-bond acceptors (Lipinski definition) is 1. The van der Waals surface area contributed by atoms with Crippen LogP contribution < -0.4 is 5.32 Å². The molecule has 0 bridgehead atoms. The van der Waals surface area contributed by atoms with Crippen molar-refractivity contribution in [3.8, 4) is 0 Å².